The number of aryl methyl sites for hydroxylation is 1. The summed E-state index contributed by atoms with van der Waals surface area (Å²) in [5, 5.41) is 3.60. The first-order valence-corrected chi connectivity index (χ1v) is 11.7. The van der Waals surface area contributed by atoms with Crippen LogP contribution in [0.15, 0.2) is 54.6 Å². The van der Waals surface area contributed by atoms with Gasteiger partial charge in [0, 0.05) is 37.9 Å². The molecule has 0 saturated carbocycles. The molecule has 0 spiro atoms. The van der Waals surface area contributed by atoms with E-state index in [1.165, 1.54) is 42.6 Å². The molecule has 2 fully saturated rings. The van der Waals surface area contributed by atoms with E-state index < -0.39 is 0 Å². The lowest BCUT2D eigenvalue weighted by Gasteiger charge is -2.22. The first kappa shape index (κ1) is 21.9. The van der Waals surface area contributed by atoms with Crippen LogP contribution in [0.25, 0.3) is 11.6 Å². The summed E-state index contributed by atoms with van der Waals surface area (Å²) in [5.74, 6) is 0. The van der Waals surface area contributed by atoms with E-state index in [2.05, 4.69) is 77.8 Å². The SMILES string of the molecule is Cc1ccc(/C(=C\CN2CCCC2)c2cccc(/C=C/CNC3CCOCC3)n2)cc1. The maximum atomic E-state index is 5.43. The maximum absolute atomic E-state index is 5.43. The summed E-state index contributed by atoms with van der Waals surface area (Å²) in [5.41, 5.74) is 5.79. The molecule has 2 aliphatic heterocycles. The third kappa shape index (κ3) is 6.60. The summed E-state index contributed by atoms with van der Waals surface area (Å²) in [6.07, 6.45) is 11.5. The predicted octanol–water partition coefficient (Wildman–Crippen LogP) is 4.70. The van der Waals surface area contributed by atoms with Gasteiger partial charge in [0.25, 0.3) is 0 Å². The number of pyridine rings is 1. The van der Waals surface area contributed by atoms with Crippen LogP contribution in [0.1, 0.15) is 48.2 Å². The van der Waals surface area contributed by atoms with Crippen LogP contribution >= 0.6 is 0 Å². The van der Waals surface area contributed by atoms with Crippen molar-refractivity contribution in [1.82, 2.24) is 15.2 Å². The summed E-state index contributed by atoms with van der Waals surface area (Å²) in [7, 11) is 0. The molecule has 1 N–H and O–H groups in total. The average molecular weight is 418 g/mol. The van der Waals surface area contributed by atoms with Crippen LogP contribution in [0.3, 0.4) is 0 Å². The zero-order valence-corrected chi connectivity index (χ0v) is 18.7. The number of nitrogens with one attached hydrogen (secondary N) is 1. The molecule has 1 aromatic heterocycles. The fourth-order valence-corrected chi connectivity index (χ4v) is 4.30. The zero-order chi connectivity index (χ0) is 21.3. The van der Waals surface area contributed by atoms with Crippen LogP contribution in [-0.4, -0.2) is 55.3 Å². The monoisotopic (exact) mass is 417 g/mol. The fraction of sp³-hybridized carbons (Fsp3) is 0.444. The van der Waals surface area contributed by atoms with Crippen LogP contribution in [0.4, 0.5) is 0 Å². The van der Waals surface area contributed by atoms with Crippen LogP contribution in [-0.2, 0) is 4.74 Å². The standard InChI is InChI=1S/C27H35N3O/c1-22-9-11-23(12-10-22)26(13-19-30-17-2-3-18-30)27-8-4-6-25(29-27)7-5-16-28-24-14-20-31-21-15-24/h4-13,24,28H,2-3,14-21H2,1H3/b7-5+,26-13+. The quantitative estimate of drug-likeness (QED) is 0.676. The van der Waals surface area contributed by atoms with Gasteiger partial charge in [-0.25, -0.2) is 4.98 Å². The molecule has 2 saturated heterocycles. The van der Waals surface area contributed by atoms with Crippen molar-refractivity contribution in [1.29, 1.82) is 0 Å². The highest BCUT2D eigenvalue weighted by atomic mass is 16.5. The highest BCUT2D eigenvalue weighted by Gasteiger charge is 2.13. The Hall–Kier alpha value is -2.27. The molecule has 2 aromatic rings. The lowest BCUT2D eigenvalue weighted by Crippen LogP contribution is -2.34. The van der Waals surface area contributed by atoms with E-state index in [0.29, 0.717) is 6.04 Å². The molecule has 4 rings (SSSR count). The molecule has 164 valence electrons. The van der Waals surface area contributed by atoms with Crippen molar-refractivity contribution in [2.75, 3.05) is 39.4 Å². The molecule has 4 heteroatoms. The van der Waals surface area contributed by atoms with Crippen LogP contribution in [0.2, 0.25) is 0 Å². The first-order valence-electron chi connectivity index (χ1n) is 11.7. The van der Waals surface area contributed by atoms with Gasteiger partial charge in [0.05, 0.1) is 11.4 Å². The second-order valence-electron chi connectivity index (χ2n) is 8.64. The lowest BCUT2D eigenvalue weighted by atomic mass is 10.00. The van der Waals surface area contributed by atoms with Crippen molar-refractivity contribution in [3.63, 3.8) is 0 Å². The van der Waals surface area contributed by atoms with Gasteiger partial charge in [-0.05, 0) is 69.5 Å². The van der Waals surface area contributed by atoms with Gasteiger partial charge in [-0.2, -0.15) is 0 Å². The number of likely N-dealkylation sites (tertiary alicyclic amines) is 1. The van der Waals surface area contributed by atoms with E-state index >= 15 is 0 Å². The summed E-state index contributed by atoms with van der Waals surface area (Å²) in [6, 6.07) is 15.7. The number of nitrogens with zero attached hydrogens (tertiary/aromatic N) is 2. The van der Waals surface area contributed by atoms with E-state index in [1.54, 1.807) is 0 Å². The Morgan fingerprint density at radius 1 is 1.10 bits per heavy atom. The molecule has 1 aromatic carbocycles. The molecule has 0 radical (unpaired) electrons. The number of hydrogen-bond acceptors (Lipinski definition) is 4. The fourth-order valence-electron chi connectivity index (χ4n) is 4.30. The molecule has 0 bridgehead atoms. The second kappa shape index (κ2) is 11.4. The Morgan fingerprint density at radius 3 is 2.65 bits per heavy atom. The molecule has 0 amide bonds. The molecule has 4 nitrogen and oxygen atoms in total. The lowest BCUT2D eigenvalue weighted by molar-refractivity contribution is 0.0789. The molecule has 0 atom stereocenters. The third-order valence-electron chi connectivity index (χ3n) is 6.20. The Morgan fingerprint density at radius 2 is 1.87 bits per heavy atom. The second-order valence-corrected chi connectivity index (χ2v) is 8.64. The number of ether oxygens (including phenoxy) is 1. The van der Waals surface area contributed by atoms with Crippen molar-refractivity contribution in [3.8, 4) is 0 Å². The molecule has 2 aliphatic rings. The van der Waals surface area contributed by atoms with Crippen molar-refractivity contribution in [2.24, 2.45) is 0 Å². The summed E-state index contributed by atoms with van der Waals surface area (Å²) in [6.45, 7) is 8.14. The highest BCUT2D eigenvalue weighted by molar-refractivity contribution is 5.78. The van der Waals surface area contributed by atoms with Crippen molar-refractivity contribution >= 4 is 11.6 Å². The Labute approximate surface area is 187 Å². The van der Waals surface area contributed by atoms with Gasteiger partial charge in [0.1, 0.15) is 0 Å². The molecular weight excluding hydrogens is 382 g/mol. The normalized spacial score (nSPS) is 18.8. The van der Waals surface area contributed by atoms with E-state index in [0.717, 1.165) is 50.5 Å². The van der Waals surface area contributed by atoms with Crippen LogP contribution in [0, 0.1) is 6.92 Å². The predicted molar refractivity (Wildman–Crippen MR) is 129 cm³/mol. The number of hydrogen-bond donors (Lipinski definition) is 1. The topological polar surface area (TPSA) is 37.4 Å². The largest absolute Gasteiger partial charge is 0.381 e. The molecular formula is C27H35N3O. The van der Waals surface area contributed by atoms with Gasteiger partial charge in [0.15, 0.2) is 0 Å². The van der Waals surface area contributed by atoms with E-state index in [4.69, 9.17) is 9.72 Å². The smallest absolute Gasteiger partial charge is 0.0712 e. The van der Waals surface area contributed by atoms with Crippen LogP contribution < -0.4 is 5.32 Å². The third-order valence-corrected chi connectivity index (χ3v) is 6.20. The van der Waals surface area contributed by atoms with Gasteiger partial charge < -0.3 is 10.1 Å². The minimum Gasteiger partial charge on any atom is -0.381 e. The Kier molecular flexibility index (Phi) is 8.05. The molecule has 3 heterocycles. The van der Waals surface area contributed by atoms with E-state index in [-0.39, 0.29) is 0 Å². The van der Waals surface area contributed by atoms with E-state index in [1.807, 2.05) is 0 Å². The number of benzene rings is 1. The minimum atomic E-state index is 0.569. The molecule has 0 aliphatic carbocycles. The number of rotatable bonds is 8. The summed E-state index contributed by atoms with van der Waals surface area (Å²) < 4.78 is 5.43. The van der Waals surface area contributed by atoms with Gasteiger partial charge in [-0.3, -0.25) is 4.90 Å². The molecule has 0 unspecified atom stereocenters. The van der Waals surface area contributed by atoms with Gasteiger partial charge in [0.2, 0.25) is 0 Å². The summed E-state index contributed by atoms with van der Waals surface area (Å²) in [4.78, 5) is 7.51. The number of aromatic nitrogens is 1. The molecule has 31 heavy (non-hydrogen) atoms. The van der Waals surface area contributed by atoms with Gasteiger partial charge >= 0.3 is 0 Å². The van der Waals surface area contributed by atoms with Crippen LogP contribution in [0.5, 0.6) is 0 Å². The maximum Gasteiger partial charge on any atom is 0.0712 e. The first-order chi connectivity index (χ1) is 15.3. The Bertz CT molecular complexity index is 876. The Balaban J connectivity index is 1.47. The van der Waals surface area contributed by atoms with Gasteiger partial charge in [-0.15, -0.1) is 0 Å². The minimum absolute atomic E-state index is 0.569. The van der Waals surface area contributed by atoms with Gasteiger partial charge in [-0.1, -0.05) is 48.0 Å². The van der Waals surface area contributed by atoms with Crippen molar-refractivity contribution in [3.05, 3.63) is 77.1 Å². The van der Waals surface area contributed by atoms with Crippen molar-refractivity contribution in [2.45, 2.75) is 38.6 Å². The zero-order valence-electron chi connectivity index (χ0n) is 18.7. The summed E-state index contributed by atoms with van der Waals surface area (Å²) >= 11 is 0. The van der Waals surface area contributed by atoms with Crippen molar-refractivity contribution < 1.29 is 4.74 Å². The van der Waals surface area contributed by atoms with E-state index in [9.17, 15) is 0 Å². The highest BCUT2D eigenvalue weighted by Crippen LogP contribution is 2.23. The average Bonchev–Trinajstić information content (AvgIpc) is 3.33.